The molecular formula is C13H17N3O. The number of hydrogen-bond donors (Lipinski definition) is 1. The Morgan fingerprint density at radius 1 is 1.47 bits per heavy atom. The molecule has 1 aromatic heterocycles. The molecule has 17 heavy (non-hydrogen) atoms. The van der Waals surface area contributed by atoms with Crippen LogP contribution in [0.2, 0.25) is 0 Å². The molecule has 1 N–H and O–H groups in total. The second-order valence-corrected chi connectivity index (χ2v) is 4.37. The summed E-state index contributed by atoms with van der Waals surface area (Å²) in [5.74, 6) is 0. The third-order valence-corrected chi connectivity index (χ3v) is 3.30. The fourth-order valence-electron chi connectivity index (χ4n) is 2.51. The predicted octanol–water partition coefficient (Wildman–Crippen LogP) is 1.69. The molecule has 0 unspecified atom stereocenters. The number of anilines is 1. The zero-order valence-electron chi connectivity index (χ0n) is 9.84. The van der Waals surface area contributed by atoms with Crippen LogP contribution < -0.4 is 4.90 Å². The second kappa shape index (κ2) is 5.65. The van der Waals surface area contributed by atoms with E-state index in [4.69, 9.17) is 10.4 Å². The van der Waals surface area contributed by atoms with Crippen LogP contribution in [0.3, 0.4) is 0 Å². The van der Waals surface area contributed by atoms with Gasteiger partial charge in [0.15, 0.2) is 0 Å². The number of pyridine rings is 1. The number of hydrogen-bond acceptors (Lipinski definition) is 4. The highest BCUT2D eigenvalue weighted by molar-refractivity contribution is 5.49. The van der Waals surface area contributed by atoms with Crippen LogP contribution in [-0.4, -0.2) is 29.3 Å². The van der Waals surface area contributed by atoms with Gasteiger partial charge in [-0.2, -0.15) is 5.26 Å². The molecule has 1 aliphatic rings. The van der Waals surface area contributed by atoms with Crippen LogP contribution in [0.15, 0.2) is 18.3 Å². The molecule has 0 radical (unpaired) electrons. The quantitative estimate of drug-likeness (QED) is 0.856. The normalized spacial score (nSPS) is 15.8. The topological polar surface area (TPSA) is 60.2 Å². The lowest BCUT2D eigenvalue weighted by Crippen LogP contribution is -2.35. The maximum absolute atomic E-state index is 9.16. The third kappa shape index (κ3) is 2.75. The Morgan fingerprint density at radius 2 is 2.24 bits per heavy atom. The van der Waals surface area contributed by atoms with Crippen molar-refractivity contribution in [1.82, 2.24) is 4.98 Å². The van der Waals surface area contributed by atoms with Gasteiger partial charge < -0.3 is 10.0 Å². The summed E-state index contributed by atoms with van der Waals surface area (Å²) in [5, 5.41) is 18.0. The summed E-state index contributed by atoms with van der Waals surface area (Å²) in [6.45, 7) is 0.764. The largest absolute Gasteiger partial charge is 0.395 e. The molecule has 2 rings (SSSR count). The lowest BCUT2D eigenvalue weighted by Gasteiger charge is -2.30. The minimum absolute atomic E-state index is 0.140. The van der Waals surface area contributed by atoms with E-state index in [-0.39, 0.29) is 6.61 Å². The Morgan fingerprint density at radius 3 is 2.88 bits per heavy atom. The minimum Gasteiger partial charge on any atom is -0.395 e. The van der Waals surface area contributed by atoms with E-state index in [2.05, 4.69) is 16.0 Å². The predicted molar refractivity (Wildman–Crippen MR) is 65.6 cm³/mol. The Hall–Kier alpha value is -1.60. The Balaban J connectivity index is 2.21. The number of aromatic nitrogens is 1. The summed E-state index contributed by atoms with van der Waals surface area (Å²) in [5.41, 5.74) is 1.43. The number of rotatable bonds is 4. The van der Waals surface area contributed by atoms with E-state index in [1.807, 2.05) is 6.07 Å². The van der Waals surface area contributed by atoms with Gasteiger partial charge in [0, 0.05) is 24.5 Å². The fourth-order valence-corrected chi connectivity index (χ4v) is 2.51. The molecule has 4 heteroatoms. The van der Waals surface area contributed by atoms with Crippen LogP contribution in [0, 0.1) is 11.3 Å². The Bertz CT molecular complexity index is 407. The number of aliphatic hydroxyl groups is 1. The molecule has 1 heterocycles. The summed E-state index contributed by atoms with van der Waals surface area (Å²) < 4.78 is 0. The summed E-state index contributed by atoms with van der Waals surface area (Å²) >= 11 is 0. The van der Waals surface area contributed by atoms with Crippen molar-refractivity contribution in [3.05, 3.63) is 24.0 Å². The lowest BCUT2D eigenvalue weighted by molar-refractivity contribution is 0.297. The van der Waals surface area contributed by atoms with Crippen molar-refractivity contribution in [2.45, 2.75) is 31.7 Å². The highest BCUT2D eigenvalue weighted by Crippen LogP contribution is 2.27. The molecule has 0 aliphatic heterocycles. The van der Waals surface area contributed by atoms with Gasteiger partial charge in [-0.25, -0.2) is 4.98 Å². The van der Waals surface area contributed by atoms with Crippen LogP contribution in [0.4, 0.5) is 5.69 Å². The van der Waals surface area contributed by atoms with Gasteiger partial charge in [0.25, 0.3) is 0 Å². The molecule has 0 bridgehead atoms. The first-order chi connectivity index (χ1) is 8.35. The molecule has 0 amide bonds. The van der Waals surface area contributed by atoms with Crippen LogP contribution in [0.5, 0.6) is 0 Å². The molecule has 0 atom stereocenters. The van der Waals surface area contributed by atoms with Gasteiger partial charge in [0.2, 0.25) is 0 Å². The zero-order chi connectivity index (χ0) is 12.1. The Labute approximate surface area is 102 Å². The molecule has 0 spiro atoms. The second-order valence-electron chi connectivity index (χ2n) is 4.37. The van der Waals surface area contributed by atoms with Crippen LogP contribution in [0.1, 0.15) is 31.4 Å². The van der Waals surface area contributed by atoms with E-state index in [1.165, 1.54) is 25.7 Å². The van der Waals surface area contributed by atoms with Crippen molar-refractivity contribution in [2.75, 3.05) is 18.1 Å². The monoisotopic (exact) mass is 231 g/mol. The van der Waals surface area contributed by atoms with Gasteiger partial charge in [-0.05, 0) is 25.0 Å². The van der Waals surface area contributed by atoms with E-state index in [0.717, 1.165) is 5.69 Å². The highest BCUT2D eigenvalue weighted by atomic mass is 16.3. The summed E-state index contributed by atoms with van der Waals surface area (Å²) in [6, 6.07) is 6.26. The van der Waals surface area contributed by atoms with Gasteiger partial charge >= 0.3 is 0 Å². The summed E-state index contributed by atoms with van der Waals surface area (Å²) in [4.78, 5) is 6.18. The van der Waals surface area contributed by atoms with E-state index < -0.39 is 0 Å². The molecule has 0 aromatic carbocycles. The first-order valence-corrected chi connectivity index (χ1v) is 6.09. The molecule has 1 aliphatic carbocycles. The van der Waals surface area contributed by atoms with Crippen LogP contribution >= 0.6 is 0 Å². The minimum atomic E-state index is 0.140. The first kappa shape index (κ1) is 11.9. The number of aliphatic hydroxyl groups excluding tert-OH is 1. The fraction of sp³-hybridized carbons (Fsp3) is 0.538. The van der Waals surface area contributed by atoms with E-state index in [9.17, 15) is 0 Å². The van der Waals surface area contributed by atoms with Gasteiger partial charge in [-0.15, -0.1) is 0 Å². The van der Waals surface area contributed by atoms with Gasteiger partial charge in [0.1, 0.15) is 11.8 Å². The smallest absolute Gasteiger partial charge is 0.142 e. The average molecular weight is 231 g/mol. The number of nitriles is 1. The van der Waals surface area contributed by atoms with Crippen molar-refractivity contribution in [1.29, 1.82) is 5.26 Å². The molecule has 1 fully saturated rings. The van der Waals surface area contributed by atoms with Crippen molar-refractivity contribution in [3.63, 3.8) is 0 Å². The van der Waals surface area contributed by atoms with Crippen molar-refractivity contribution < 1.29 is 5.11 Å². The molecule has 1 aromatic rings. The lowest BCUT2D eigenvalue weighted by atomic mass is 10.2. The SMILES string of the molecule is N#Cc1cc(N(CCO)C2CCCC2)ccn1. The summed E-state index contributed by atoms with van der Waals surface area (Å²) in [6.07, 6.45) is 6.51. The van der Waals surface area contributed by atoms with Gasteiger partial charge in [0.05, 0.1) is 6.61 Å². The molecule has 0 saturated heterocycles. The van der Waals surface area contributed by atoms with Crippen molar-refractivity contribution in [2.24, 2.45) is 0 Å². The molecule has 4 nitrogen and oxygen atoms in total. The Kier molecular flexibility index (Phi) is 3.94. The maximum atomic E-state index is 9.16. The third-order valence-electron chi connectivity index (χ3n) is 3.30. The summed E-state index contributed by atoms with van der Waals surface area (Å²) in [7, 11) is 0. The van der Waals surface area contributed by atoms with Gasteiger partial charge in [-0.3, -0.25) is 0 Å². The standard InChI is InChI=1S/C13H17N3O/c14-10-11-9-13(5-6-15-11)16(7-8-17)12-3-1-2-4-12/h5-6,9,12,17H,1-4,7-8H2. The average Bonchev–Trinajstić information content (AvgIpc) is 2.89. The van der Waals surface area contributed by atoms with E-state index >= 15 is 0 Å². The maximum Gasteiger partial charge on any atom is 0.142 e. The van der Waals surface area contributed by atoms with Gasteiger partial charge in [-0.1, -0.05) is 12.8 Å². The van der Waals surface area contributed by atoms with Crippen molar-refractivity contribution >= 4 is 5.69 Å². The first-order valence-electron chi connectivity index (χ1n) is 6.09. The van der Waals surface area contributed by atoms with Crippen LogP contribution in [-0.2, 0) is 0 Å². The van der Waals surface area contributed by atoms with Crippen LogP contribution in [0.25, 0.3) is 0 Å². The van der Waals surface area contributed by atoms with E-state index in [1.54, 1.807) is 12.3 Å². The van der Waals surface area contributed by atoms with E-state index in [0.29, 0.717) is 18.3 Å². The molecule has 1 saturated carbocycles. The zero-order valence-corrected chi connectivity index (χ0v) is 9.84. The molecular weight excluding hydrogens is 214 g/mol. The number of nitrogens with zero attached hydrogens (tertiary/aromatic N) is 3. The molecule has 90 valence electrons. The van der Waals surface area contributed by atoms with Crippen molar-refractivity contribution in [3.8, 4) is 6.07 Å². The highest BCUT2D eigenvalue weighted by Gasteiger charge is 2.22.